The zero-order valence-corrected chi connectivity index (χ0v) is 12.4. The lowest BCUT2D eigenvalue weighted by atomic mass is 9.99. The number of hydrogen-bond acceptors (Lipinski definition) is 1. The molecule has 0 aliphatic rings. The fourth-order valence-corrected chi connectivity index (χ4v) is 2.49. The molecule has 0 bridgehead atoms. The molecule has 94 valence electrons. The molecule has 0 radical (unpaired) electrons. The summed E-state index contributed by atoms with van der Waals surface area (Å²) in [4.78, 5) is 0. The number of halogens is 2. The van der Waals surface area contributed by atoms with Gasteiger partial charge in [0.1, 0.15) is 11.9 Å². The standard InChI is InChI=1S/C15H14FIO/c1-9-6-7-11(8-13(9)16)15(18)12-5-3-4-10(2)14(12)17/h3-8,15,18H,1-2H3. The van der Waals surface area contributed by atoms with Crippen molar-refractivity contribution in [2.45, 2.75) is 20.0 Å². The van der Waals surface area contributed by atoms with Crippen LogP contribution in [-0.2, 0) is 0 Å². The number of aryl methyl sites for hydroxylation is 2. The predicted octanol–water partition coefficient (Wildman–Crippen LogP) is 4.13. The van der Waals surface area contributed by atoms with Crippen LogP contribution in [0.4, 0.5) is 4.39 Å². The summed E-state index contributed by atoms with van der Waals surface area (Å²) in [5.74, 6) is -0.283. The van der Waals surface area contributed by atoms with E-state index < -0.39 is 6.10 Å². The third-order valence-electron chi connectivity index (χ3n) is 3.03. The Morgan fingerprint density at radius 1 is 1.11 bits per heavy atom. The average Bonchev–Trinajstić information content (AvgIpc) is 2.35. The van der Waals surface area contributed by atoms with Crippen molar-refractivity contribution < 1.29 is 9.50 Å². The minimum absolute atomic E-state index is 0.283. The first-order valence-corrected chi connectivity index (χ1v) is 6.77. The van der Waals surface area contributed by atoms with Crippen LogP contribution in [-0.4, -0.2) is 5.11 Å². The molecule has 2 rings (SSSR count). The molecule has 0 spiro atoms. The third kappa shape index (κ3) is 2.57. The molecule has 2 aromatic carbocycles. The van der Waals surface area contributed by atoms with Crippen LogP contribution in [0, 0.1) is 23.2 Å². The summed E-state index contributed by atoms with van der Waals surface area (Å²) in [7, 11) is 0. The second-order valence-corrected chi connectivity index (χ2v) is 5.47. The van der Waals surface area contributed by atoms with Crippen molar-refractivity contribution in [3.63, 3.8) is 0 Å². The van der Waals surface area contributed by atoms with Gasteiger partial charge in [-0.25, -0.2) is 4.39 Å². The van der Waals surface area contributed by atoms with E-state index in [2.05, 4.69) is 22.6 Å². The highest BCUT2D eigenvalue weighted by Gasteiger charge is 2.15. The van der Waals surface area contributed by atoms with Gasteiger partial charge in [0.25, 0.3) is 0 Å². The Balaban J connectivity index is 2.44. The molecule has 0 fully saturated rings. The van der Waals surface area contributed by atoms with Gasteiger partial charge in [0, 0.05) is 3.57 Å². The second-order valence-electron chi connectivity index (χ2n) is 4.39. The highest BCUT2D eigenvalue weighted by Crippen LogP contribution is 2.28. The van der Waals surface area contributed by atoms with Crippen molar-refractivity contribution >= 4 is 22.6 Å². The number of benzene rings is 2. The Kier molecular flexibility index (Phi) is 4.02. The van der Waals surface area contributed by atoms with E-state index in [9.17, 15) is 9.50 Å². The molecule has 1 N–H and O–H groups in total. The summed E-state index contributed by atoms with van der Waals surface area (Å²) in [5.41, 5.74) is 3.10. The zero-order valence-electron chi connectivity index (χ0n) is 10.2. The zero-order chi connectivity index (χ0) is 13.3. The van der Waals surface area contributed by atoms with Crippen LogP contribution >= 0.6 is 22.6 Å². The van der Waals surface area contributed by atoms with Crippen LogP contribution in [0.2, 0.25) is 0 Å². The largest absolute Gasteiger partial charge is 0.384 e. The van der Waals surface area contributed by atoms with Crippen LogP contribution in [0.5, 0.6) is 0 Å². The van der Waals surface area contributed by atoms with Crippen LogP contribution < -0.4 is 0 Å². The van der Waals surface area contributed by atoms with E-state index in [0.29, 0.717) is 11.1 Å². The van der Waals surface area contributed by atoms with Crippen LogP contribution in [0.15, 0.2) is 36.4 Å². The molecule has 0 heterocycles. The molecule has 2 aromatic rings. The van der Waals surface area contributed by atoms with E-state index in [0.717, 1.165) is 14.7 Å². The molecule has 1 unspecified atom stereocenters. The molecular formula is C15H14FIO. The lowest BCUT2D eigenvalue weighted by Gasteiger charge is -2.15. The first-order chi connectivity index (χ1) is 8.50. The second kappa shape index (κ2) is 5.36. The van der Waals surface area contributed by atoms with Crippen molar-refractivity contribution in [3.8, 4) is 0 Å². The molecule has 0 aliphatic carbocycles. The maximum absolute atomic E-state index is 13.5. The van der Waals surface area contributed by atoms with Crippen molar-refractivity contribution in [2.75, 3.05) is 0 Å². The van der Waals surface area contributed by atoms with Gasteiger partial charge < -0.3 is 5.11 Å². The van der Waals surface area contributed by atoms with E-state index in [1.807, 2.05) is 25.1 Å². The third-order valence-corrected chi connectivity index (χ3v) is 4.50. The van der Waals surface area contributed by atoms with Crippen molar-refractivity contribution in [2.24, 2.45) is 0 Å². The molecule has 18 heavy (non-hydrogen) atoms. The first-order valence-electron chi connectivity index (χ1n) is 5.70. The summed E-state index contributed by atoms with van der Waals surface area (Å²) in [6.45, 7) is 3.70. The van der Waals surface area contributed by atoms with Crippen LogP contribution in [0.3, 0.4) is 0 Å². The quantitative estimate of drug-likeness (QED) is 0.803. The van der Waals surface area contributed by atoms with E-state index in [1.54, 1.807) is 19.1 Å². The minimum atomic E-state index is -0.785. The molecule has 0 aliphatic heterocycles. The lowest BCUT2D eigenvalue weighted by Crippen LogP contribution is -2.04. The van der Waals surface area contributed by atoms with Crippen molar-refractivity contribution in [1.82, 2.24) is 0 Å². The summed E-state index contributed by atoms with van der Waals surface area (Å²) in [5, 5.41) is 10.3. The normalized spacial score (nSPS) is 12.5. The van der Waals surface area contributed by atoms with E-state index in [1.165, 1.54) is 6.07 Å². The van der Waals surface area contributed by atoms with E-state index in [-0.39, 0.29) is 5.82 Å². The maximum atomic E-state index is 13.5. The Labute approximate surface area is 120 Å². The summed E-state index contributed by atoms with van der Waals surface area (Å²) in [6, 6.07) is 10.6. The van der Waals surface area contributed by atoms with Gasteiger partial charge in [-0.1, -0.05) is 30.3 Å². The molecule has 0 saturated carbocycles. The van der Waals surface area contributed by atoms with Gasteiger partial charge in [-0.05, 0) is 64.8 Å². The van der Waals surface area contributed by atoms with Crippen molar-refractivity contribution in [3.05, 3.63) is 68.0 Å². The van der Waals surface area contributed by atoms with Crippen LogP contribution in [0.1, 0.15) is 28.4 Å². The lowest BCUT2D eigenvalue weighted by molar-refractivity contribution is 0.219. The Morgan fingerprint density at radius 2 is 1.83 bits per heavy atom. The summed E-state index contributed by atoms with van der Waals surface area (Å²) in [6.07, 6.45) is -0.785. The van der Waals surface area contributed by atoms with Gasteiger partial charge in [-0.3, -0.25) is 0 Å². The molecule has 3 heteroatoms. The SMILES string of the molecule is Cc1ccc(C(O)c2cccc(C)c2I)cc1F. The fraction of sp³-hybridized carbons (Fsp3) is 0.200. The fourth-order valence-electron chi connectivity index (χ4n) is 1.84. The summed E-state index contributed by atoms with van der Waals surface area (Å²) < 4.78 is 14.5. The Hall–Kier alpha value is -0.940. The molecule has 0 aromatic heterocycles. The number of aliphatic hydroxyl groups excluding tert-OH is 1. The highest BCUT2D eigenvalue weighted by atomic mass is 127. The summed E-state index contributed by atoms with van der Waals surface area (Å²) >= 11 is 2.21. The molecule has 0 amide bonds. The van der Waals surface area contributed by atoms with E-state index >= 15 is 0 Å². The van der Waals surface area contributed by atoms with E-state index in [4.69, 9.17) is 0 Å². The maximum Gasteiger partial charge on any atom is 0.126 e. The minimum Gasteiger partial charge on any atom is -0.384 e. The number of hydrogen-bond donors (Lipinski definition) is 1. The molecular weight excluding hydrogens is 342 g/mol. The molecule has 1 nitrogen and oxygen atoms in total. The van der Waals surface area contributed by atoms with Crippen LogP contribution in [0.25, 0.3) is 0 Å². The van der Waals surface area contributed by atoms with Gasteiger partial charge >= 0.3 is 0 Å². The number of aliphatic hydroxyl groups is 1. The predicted molar refractivity (Wildman–Crippen MR) is 79.1 cm³/mol. The van der Waals surface area contributed by atoms with Gasteiger partial charge in [-0.2, -0.15) is 0 Å². The average molecular weight is 356 g/mol. The van der Waals surface area contributed by atoms with Gasteiger partial charge in [0.2, 0.25) is 0 Å². The number of rotatable bonds is 2. The first kappa shape index (κ1) is 13.5. The Bertz CT molecular complexity index is 581. The highest BCUT2D eigenvalue weighted by molar-refractivity contribution is 14.1. The Morgan fingerprint density at radius 3 is 2.50 bits per heavy atom. The monoisotopic (exact) mass is 356 g/mol. The molecule has 0 saturated heterocycles. The smallest absolute Gasteiger partial charge is 0.126 e. The van der Waals surface area contributed by atoms with Gasteiger partial charge in [0.15, 0.2) is 0 Å². The van der Waals surface area contributed by atoms with Gasteiger partial charge in [-0.15, -0.1) is 0 Å². The topological polar surface area (TPSA) is 20.2 Å². The van der Waals surface area contributed by atoms with Crippen molar-refractivity contribution in [1.29, 1.82) is 0 Å². The molecule has 1 atom stereocenters. The van der Waals surface area contributed by atoms with Gasteiger partial charge in [0.05, 0.1) is 0 Å².